The van der Waals surface area contributed by atoms with Crippen LogP contribution in [0.25, 0.3) is 0 Å². The van der Waals surface area contributed by atoms with Gasteiger partial charge < -0.3 is 15.0 Å². The molecule has 0 aromatic rings. The van der Waals surface area contributed by atoms with Crippen molar-refractivity contribution in [3.8, 4) is 0 Å². The van der Waals surface area contributed by atoms with Crippen molar-refractivity contribution >= 4 is 5.97 Å². The standard InChI is InChI=1S/C18H36O2.C3H7O.Ti/c1-17(2)15-13-11-9-7-5-3-4-6-8-10-12-14-16-18(19)20;1-3(2)4;/h17H,3-16H2,1-2H3,(H,19,20);3H,1-2H3;/q;-1;+2/p-1. The van der Waals surface area contributed by atoms with E-state index in [0.29, 0.717) is 0 Å². The topological polar surface area (TPSA) is 63.2 Å². The predicted molar refractivity (Wildman–Crippen MR) is 99.6 cm³/mol. The maximum atomic E-state index is 10.2. The Balaban J connectivity index is -0.000000867. The number of carboxylic acids is 1. The van der Waals surface area contributed by atoms with E-state index in [-0.39, 0.29) is 28.1 Å². The van der Waals surface area contributed by atoms with Gasteiger partial charge in [0.25, 0.3) is 0 Å². The Kier molecular flexibility index (Phi) is 28.9. The number of carboxylic acid groups (broad SMARTS) is 1. The molecule has 0 atom stereocenters. The molecule has 0 N–H and O–H groups in total. The molecule has 4 heteroatoms. The van der Waals surface area contributed by atoms with E-state index in [4.69, 9.17) is 0 Å². The summed E-state index contributed by atoms with van der Waals surface area (Å²) in [7, 11) is 0. The summed E-state index contributed by atoms with van der Waals surface area (Å²) in [4.78, 5) is 10.2. The van der Waals surface area contributed by atoms with Gasteiger partial charge in [-0.1, -0.05) is 105 Å². The average molecular weight is 390 g/mol. The van der Waals surface area contributed by atoms with Crippen molar-refractivity contribution < 1.29 is 36.7 Å². The van der Waals surface area contributed by atoms with Crippen LogP contribution in [0.15, 0.2) is 0 Å². The normalized spacial score (nSPS) is 10.4. The SMILES string of the molecule is CC(C)CCCCCCCCCCCCCCC(=O)[O-].CC(C)[O-].[Ti+2]. The van der Waals surface area contributed by atoms with Crippen LogP contribution in [-0.2, 0) is 26.5 Å². The van der Waals surface area contributed by atoms with E-state index < -0.39 is 12.1 Å². The van der Waals surface area contributed by atoms with Crippen molar-refractivity contribution in [2.24, 2.45) is 5.92 Å². The van der Waals surface area contributed by atoms with Crippen molar-refractivity contribution in [3.63, 3.8) is 0 Å². The molecule has 0 aliphatic carbocycles. The third kappa shape index (κ3) is 40.3. The first kappa shape index (κ1) is 29.9. The molecule has 0 heterocycles. The van der Waals surface area contributed by atoms with Crippen molar-refractivity contribution in [3.05, 3.63) is 0 Å². The van der Waals surface area contributed by atoms with Gasteiger partial charge in [-0.2, -0.15) is 0 Å². The summed E-state index contributed by atoms with van der Waals surface area (Å²) >= 11 is 0. The maximum Gasteiger partial charge on any atom is 2.00 e. The predicted octanol–water partition coefficient (Wildman–Crippen LogP) is 4.61. The molecular weight excluding hydrogens is 348 g/mol. The second kappa shape index (κ2) is 24.1. The molecule has 0 aromatic heterocycles. The van der Waals surface area contributed by atoms with Gasteiger partial charge in [-0.25, -0.2) is 0 Å². The quantitative estimate of drug-likeness (QED) is 0.303. The zero-order valence-corrected chi connectivity index (χ0v) is 18.8. The number of carbonyl (C=O) groups is 1. The fraction of sp³-hybridized carbons (Fsp3) is 0.952. The monoisotopic (exact) mass is 390 g/mol. The van der Waals surface area contributed by atoms with Gasteiger partial charge in [-0.05, 0) is 18.8 Å². The molecule has 0 rings (SSSR count). The Morgan fingerprint density at radius 3 is 1.24 bits per heavy atom. The molecule has 148 valence electrons. The van der Waals surface area contributed by atoms with Crippen LogP contribution in [0.3, 0.4) is 0 Å². The van der Waals surface area contributed by atoms with Crippen molar-refractivity contribution in [1.82, 2.24) is 0 Å². The van der Waals surface area contributed by atoms with E-state index in [1.807, 2.05) is 0 Å². The Morgan fingerprint density at radius 2 is 0.960 bits per heavy atom. The van der Waals surface area contributed by atoms with Crippen LogP contribution in [0.2, 0.25) is 0 Å². The zero-order chi connectivity index (χ0) is 18.6. The molecule has 0 saturated carbocycles. The van der Waals surface area contributed by atoms with E-state index in [2.05, 4.69) is 13.8 Å². The third-order valence-corrected chi connectivity index (χ3v) is 3.91. The Hall–Kier alpha value is 0.144. The summed E-state index contributed by atoms with van der Waals surface area (Å²) < 4.78 is 0. The molecule has 0 aromatic carbocycles. The fourth-order valence-electron chi connectivity index (χ4n) is 2.59. The van der Waals surface area contributed by atoms with E-state index in [9.17, 15) is 15.0 Å². The number of hydrogen-bond donors (Lipinski definition) is 0. The van der Waals surface area contributed by atoms with Crippen molar-refractivity contribution in [1.29, 1.82) is 0 Å². The number of rotatable bonds is 15. The summed E-state index contributed by atoms with van der Waals surface area (Å²) in [6.45, 7) is 7.83. The Bertz CT molecular complexity index is 253. The molecule has 3 nitrogen and oxygen atoms in total. The van der Waals surface area contributed by atoms with E-state index in [1.54, 1.807) is 13.8 Å². The van der Waals surface area contributed by atoms with Crippen LogP contribution in [-0.4, -0.2) is 12.1 Å². The first-order valence-corrected chi connectivity index (χ1v) is 10.2. The van der Waals surface area contributed by atoms with Gasteiger partial charge in [-0.3, -0.25) is 0 Å². The summed E-state index contributed by atoms with van der Waals surface area (Å²) in [6.07, 6.45) is 16.6. The van der Waals surface area contributed by atoms with Gasteiger partial charge in [0.1, 0.15) is 0 Å². The molecule has 25 heavy (non-hydrogen) atoms. The van der Waals surface area contributed by atoms with Crippen molar-refractivity contribution in [2.75, 3.05) is 0 Å². The molecular formula is C21H42O3Ti. The molecule has 0 aliphatic heterocycles. The summed E-state index contributed by atoms with van der Waals surface area (Å²) in [5, 5.41) is 19.8. The van der Waals surface area contributed by atoms with Crippen molar-refractivity contribution in [2.45, 2.75) is 124 Å². The van der Waals surface area contributed by atoms with Crippen LogP contribution in [0.1, 0.15) is 118 Å². The second-order valence-electron chi connectivity index (χ2n) is 7.60. The summed E-state index contributed by atoms with van der Waals surface area (Å²) in [5.74, 6) is -0.0415. The van der Waals surface area contributed by atoms with Crippen LogP contribution in [0.5, 0.6) is 0 Å². The zero-order valence-electron chi connectivity index (χ0n) is 17.3. The third-order valence-electron chi connectivity index (χ3n) is 3.91. The Morgan fingerprint density at radius 1 is 0.680 bits per heavy atom. The molecule has 0 spiro atoms. The minimum atomic E-state index is -0.904. The molecule has 0 fully saturated rings. The first-order chi connectivity index (χ1) is 11.4. The Labute approximate surface area is 172 Å². The molecule has 0 radical (unpaired) electrons. The average Bonchev–Trinajstić information content (AvgIpc) is 2.46. The van der Waals surface area contributed by atoms with Crippen LogP contribution in [0.4, 0.5) is 0 Å². The first-order valence-electron chi connectivity index (χ1n) is 10.2. The fourth-order valence-corrected chi connectivity index (χ4v) is 2.59. The smallest absolute Gasteiger partial charge is 0.852 e. The minimum Gasteiger partial charge on any atom is -0.852 e. The second-order valence-corrected chi connectivity index (χ2v) is 7.60. The maximum absolute atomic E-state index is 10.2. The van der Waals surface area contributed by atoms with Crippen LogP contribution < -0.4 is 10.2 Å². The van der Waals surface area contributed by atoms with Gasteiger partial charge in [-0.15, -0.1) is 6.10 Å². The summed E-state index contributed by atoms with van der Waals surface area (Å²) in [5.41, 5.74) is 0. The molecule has 0 amide bonds. The molecule has 0 unspecified atom stereocenters. The largest absolute Gasteiger partial charge is 2.00 e. The van der Waals surface area contributed by atoms with Crippen LogP contribution in [0, 0.1) is 5.92 Å². The minimum absolute atomic E-state index is 0. The van der Waals surface area contributed by atoms with E-state index in [0.717, 1.165) is 18.8 Å². The van der Waals surface area contributed by atoms with Gasteiger partial charge in [0.05, 0.1) is 0 Å². The number of aliphatic carboxylic acids is 1. The van der Waals surface area contributed by atoms with Gasteiger partial charge in [0.15, 0.2) is 0 Å². The van der Waals surface area contributed by atoms with Crippen LogP contribution >= 0.6 is 0 Å². The number of unbranched alkanes of at least 4 members (excludes halogenated alkanes) is 11. The molecule has 0 bridgehead atoms. The van der Waals surface area contributed by atoms with Gasteiger partial charge in [0.2, 0.25) is 0 Å². The number of hydrogen-bond acceptors (Lipinski definition) is 3. The molecule has 0 aliphatic rings. The number of carbonyl (C=O) groups excluding carboxylic acids is 1. The van der Waals surface area contributed by atoms with E-state index >= 15 is 0 Å². The van der Waals surface area contributed by atoms with E-state index in [1.165, 1.54) is 70.6 Å². The molecule has 0 saturated heterocycles. The van der Waals surface area contributed by atoms with Gasteiger partial charge in [0, 0.05) is 5.97 Å². The van der Waals surface area contributed by atoms with Gasteiger partial charge >= 0.3 is 21.7 Å². The summed E-state index contributed by atoms with van der Waals surface area (Å²) in [6, 6.07) is 0.